The van der Waals surface area contributed by atoms with Gasteiger partial charge < -0.3 is 14.8 Å². The smallest absolute Gasteiger partial charge is 0.420 e. The Morgan fingerprint density at radius 3 is 2.69 bits per heavy atom. The van der Waals surface area contributed by atoms with Crippen molar-refractivity contribution in [3.05, 3.63) is 63.8 Å². The zero-order chi connectivity index (χ0) is 25.0. The summed E-state index contributed by atoms with van der Waals surface area (Å²) in [7, 11) is 1.33. The number of carbonyl (C=O) groups excluding carboxylic acids is 1. The summed E-state index contributed by atoms with van der Waals surface area (Å²) < 4.78 is 51.1. The lowest BCUT2D eigenvalue weighted by atomic mass is 10.1. The van der Waals surface area contributed by atoms with Crippen LogP contribution >= 0.6 is 11.8 Å². The lowest BCUT2D eigenvalue weighted by molar-refractivity contribution is -0.138. The summed E-state index contributed by atoms with van der Waals surface area (Å²) in [5, 5.41) is 25.4. The molecule has 4 rings (SSSR count). The van der Waals surface area contributed by atoms with Gasteiger partial charge in [0.1, 0.15) is 5.75 Å². The van der Waals surface area contributed by atoms with E-state index in [2.05, 4.69) is 30.9 Å². The van der Waals surface area contributed by atoms with Crippen LogP contribution in [0.2, 0.25) is 0 Å². The molecule has 0 spiro atoms. The zero-order valence-electron chi connectivity index (χ0n) is 17.8. The van der Waals surface area contributed by atoms with Gasteiger partial charge >= 0.3 is 6.18 Å². The van der Waals surface area contributed by atoms with Crippen LogP contribution in [0.4, 0.5) is 13.2 Å². The Balaban J connectivity index is 1.52. The fourth-order valence-electron chi connectivity index (χ4n) is 2.94. The molecule has 0 atom stereocenters. The molecule has 2 heterocycles. The summed E-state index contributed by atoms with van der Waals surface area (Å²) in [6.07, 6.45) is -3.16. The molecule has 0 bridgehead atoms. The number of hydrogen-bond donors (Lipinski definition) is 2. The van der Waals surface area contributed by atoms with E-state index < -0.39 is 23.4 Å². The lowest BCUT2D eigenvalue weighted by Crippen LogP contribution is -2.19. The number of aliphatic imine (C=N–C) groups is 1. The van der Waals surface area contributed by atoms with Gasteiger partial charge in [0.2, 0.25) is 0 Å². The highest BCUT2D eigenvalue weighted by Crippen LogP contribution is 2.41. The fourth-order valence-corrected chi connectivity index (χ4v) is 3.75. The first-order valence-electron chi connectivity index (χ1n) is 9.73. The van der Waals surface area contributed by atoms with Gasteiger partial charge in [0, 0.05) is 0 Å². The molecule has 0 unspecified atom stereocenters. The molecule has 1 aliphatic heterocycles. The van der Waals surface area contributed by atoms with E-state index in [1.807, 2.05) is 0 Å². The summed E-state index contributed by atoms with van der Waals surface area (Å²) in [4.78, 5) is 16.5. The van der Waals surface area contributed by atoms with Crippen molar-refractivity contribution in [2.75, 3.05) is 7.11 Å². The van der Waals surface area contributed by atoms with Gasteiger partial charge in [0.25, 0.3) is 5.91 Å². The molecular formula is C21H14F3N7O3S. The van der Waals surface area contributed by atoms with E-state index in [0.717, 1.165) is 17.8 Å². The maximum Gasteiger partial charge on any atom is 0.420 e. The summed E-state index contributed by atoms with van der Waals surface area (Å²) >= 11 is 1.11. The molecule has 3 aromatic rings. The summed E-state index contributed by atoms with van der Waals surface area (Å²) in [5.74, 6) is -0.304. The Morgan fingerprint density at radius 1 is 1.20 bits per heavy atom. The van der Waals surface area contributed by atoms with E-state index in [0.29, 0.717) is 27.5 Å². The molecule has 2 N–H and O–H groups in total. The van der Waals surface area contributed by atoms with Gasteiger partial charge in [0.15, 0.2) is 22.5 Å². The third-order valence-corrected chi connectivity index (χ3v) is 5.48. The number of carbonyl (C=O) groups is 1. The monoisotopic (exact) mass is 501 g/mol. The molecule has 0 fully saturated rings. The highest BCUT2D eigenvalue weighted by Gasteiger charge is 2.35. The van der Waals surface area contributed by atoms with Gasteiger partial charge in [-0.05, 0) is 64.2 Å². The van der Waals surface area contributed by atoms with Crippen LogP contribution in [-0.2, 0) is 17.5 Å². The number of aromatic nitrogens is 4. The molecule has 0 saturated heterocycles. The number of nitrogens with one attached hydrogen (secondary N) is 2. The molecule has 0 radical (unpaired) electrons. The van der Waals surface area contributed by atoms with Crippen LogP contribution in [0.3, 0.4) is 0 Å². The largest absolute Gasteiger partial charge is 0.493 e. The highest BCUT2D eigenvalue weighted by molar-refractivity contribution is 8.18. The van der Waals surface area contributed by atoms with Crippen LogP contribution in [0.25, 0.3) is 6.08 Å². The minimum atomic E-state index is -4.73. The molecule has 14 heteroatoms. The Kier molecular flexibility index (Phi) is 6.69. The van der Waals surface area contributed by atoms with Gasteiger partial charge in [0.05, 0.1) is 35.8 Å². The van der Waals surface area contributed by atoms with Crippen molar-refractivity contribution in [2.45, 2.75) is 12.7 Å². The van der Waals surface area contributed by atoms with Crippen LogP contribution in [0, 0.1) is 11.3 Å². The first kappa shape index (κ1) is 23.8. The number of hydrogen-bond acceptors (Lipinski definition) is 9. The summed E-state index contributed by atoms with van der Waals surface area (Å²) in [6.45, 7) is 0.245. The molecule has 10 nitrogen and oxygen atoms in total. The molecule has 0 saturated carbocycles. The predicted octanol–water partition coefficient (Wildman–Crippen LogP) is 3.65. The fraction of sp³-hybridized carbons (Fsp3) is 0.143. The molecular weight excluding hydrogens is 487 g/mol. The SMILES string of the molecule is COc1cc(C=C2SC(NCc3nnn[nH]3)=NC2=O)ccc1Oc1ccc(C#N)cc1C(F)(F)F. The molecule has 2 aromatic carbocycles. The molecule has 178 valence electrons. The normalized spacial score (nSPS) is 14.5. The Hall–Kier alpha value is -4.38. The second-order valence-electron chi connectivity index (χ2n) is 6.87. The van der Waals surface area contributed by atoms with Crippen LogP contribution in [0.5, 0.6) is 17.2 Å². The second kappa shape index (κ2) is 9.85. The van der Waals surface area contributed by atoms with E-state index >= 15 is 0 Å². The molecule has 1 amide bonds. The maximum atomic E-state index is 13.5. The number of methoxy groups -OCH3 is 1. The lowest BCUT2D eigenvalue weighted by Gasteiger charge is -2.16. The number of H-pyrrole nitrogens is 1. The Labute approximate surface area is 199 Å². The van der Waals surface area contributed by atoms with Gasteiger partial charge in [-0.25, -0.2) is 5.10 Å². The van der Waals surface area contributed by atoms with Crippen LogP contribution in [0.1, 0.15) is 22.5 Å². The minimum Gasteiger partial charge on any atom is -0.493 e. The highest BCUT2D eigenvalue weighted by atomic mass is 32.2. The number of rotatable bonds is 6. The van der Waals surface area contributed by atoms with E-state index in [9.17, 15) is 18.0 Å². The number of nitriles is 1. The number of tetrazole rings is 1. The van der Waals surface area contributed by atoms with Gasteiger partial charge in [-0.2, -0.15) is 23.4 Å². The predicted molar refractivity (Wildman–Crippen MR) is 118 cm³/mol. The Bertz CT molecular complexity index is 1370. The molecule has 1 aliphatic rings. The van der Waals surface area contributed by atoms with E-state index in [1.165, 1.54) is 25.3 Å². The summed E-state index contributed by atoms with van der Waals surface area (Å²) in [6, 6.07) is 9.18. The minimum absolute atomic E-state index is 0.0227. The molecule has 1 aromatic heterocycles. The number of ether oxygens (including phenoxy) is 2. The molecule has 0 aliphatic carbocycles. The van der Waals surface area contributed by atoms with E-state index in [1.54, 1.807) is 18.2 Å². The average molecular weight is 501 g/mol. The van der Waals surface area contributed by atoms with Gasteiger partial charge in [-0.15, -0.1) is 5.10 Å². The summed E-state index contributed by atoms with van der Waals surface area (Å²) in [5.41, 5.74) is -0.696. The zero-order valence-corrected chi connectivity index (χ0v) is 18.6. The Morgan fingerprint density at radius 2 is 2.00 bits per heavy atom. The van der Waals surface area contributed by atoms with Crippen molar-refractivity contribution >= 4 is 28.9 Å². The topological polar surface area (TPSA) is 138 Å². The second-order valence-corrected chi connectivity index (χ2v) is 7.90. The van der Waals surface area contributed by atoms with Gasteiger partial charge in [-0.3, -0.25) is 4.79 Å². The van der Waals surface area contributed by atoms with E-state index in [-0.39, 0.29) is 23.6 Å². The number of amidine groups is 1. The van der Waals surface area contributed by atoms with Crippen molar-refractivity contribution in [3.8, 4) is 23.3 Å². The standard InChI is InChI=1S/C21H14F3N7O3S/c1-33-16-7-11(8-17-19(32)27-20(35-17)26-10-18-28-30-31-29-18)2-5-15(16)34-14-4-3-12(9-25)6-13(14)21(22,23)24/h2-8H,10H2,1H3,(H,26,27,32)(H,28,29,30,31). The van der Waals surface area contributed by atoms with Crippen molar-refractivity contribution in [1.29, 1.82) is 5.26 Å². The van der Waals surface area contributed by atoms with Gasteiger partial charge in [-0.1, -0.05) is 6.07 Å². The van der Waals surface area contributed by atoms with Crippen molar-refractivity contribution in [1.82, 2.24) is 25.9 Å². The third-order valence-electron chi connectivity index (χ3n) is 4.54. The number of halogens is 3. The van der Waals surface area contributed by atoms with Crippen LogP contribution < -0.4 is 14.8 Å². The first-order valence-corrected chi connectivity index (χ1v) is 10.5. The van der Waals surface area contributed by atoms with Crippen molar-refractivity contribution in [2.24, 2.45) is 4.99 Å². The van der Waals surface area contributed by atoms with Crippen molar-refractivity contribution < 1.29 is 27.4 Å². The number of nitrogens with zero attached hydrogens (tertiary/aromatic N) is 5. The number of aromatic amines is 1. The average Bonchev–Trinajstić information content (AvgIpc) is 3.48. The van der Waals surface area contributed by atoms with E-state index in [4.69, 9.17) is 14.7 Å². The molecule has 35 heavy (non-hydrogen) atoms. The van der Waals surface area contributed by atoms with Crippen molar-refractivity contribution in [3.63, 3.8) is 0 Å². The number of thioether (sulfide) groups is 1. The first-order chi connectivity index (χ1) is 16.8. The quantitative estimate of drug-likeness (QED) is 0.485. The number of alkyl halides is 3. The maximum absolute atomic E-state index is 13.5. The number of benzene rings is 2. The van der Waals surface area contributed by atoms with Crippen LogP contribution in [-0.4, -0.2) is 38.8 Å². The number of amides is 1. The van der Waals surface area contributed by atoms with Crippen LogP contribution in [0.15, 0.2) is 46.3 Å². The third kappa shape index (κ3) is 5.58.